The molecule has 6 heteroatoms. The predicted molar refractivity (Wildman–Crippen MR) is 65.9 cm³/mol. The summed E-state index contributed by atoms with van der Waals surface area (Å²) >= 11 is 0. The normalized spacial score (nSPS) is 15.4. The fourth-order valence-corrected chi connectivity index (χ4v) is 2.13. The smallest absolute Gasteiger partial charge is 0.339 e. The molecule has 0 bridgehead atoms. The summed E-state index contributed by atoms with van der Waals surface area (Å²) in [6.45, 7) is 4.78. The highest BCUT2D eigenvalue weighted by Gasteiger charge is 2.24. The van der Waals surface area contributed by atoms with Crippen molar-refractivity contribution in [2.24, 2.45) is 0 Å². The van der Waals surface area contributed by atoms with E-state index in [0.717, 1.165) is 5.69 Å². The van der Waals surface area contributed by atoms with Gasteiger partial charge in [-0.05, 0) is 25.5 Å². The summed E-state index contributed by atoms with van der Waals surface area (Å²) in [4.78, 5) is 28.7. The summed E-state index contributed by atoms with van der Waals surface area (Å²) in [5, 5.41) is 12.0. The van der Waals surface area contributed by atoms with Gasteiger partial charge in [-0.3, -0.25) is 4.79 Å². The molecule has 96 valence electrons. The Morgan fingerprint density at radius 2 is 2.22 bits per heavy atom. The second-order valence-corrected chi connectivity index (χ2v) is 4.36. The first-order valence-electron chi connectivity index (χ1n) is 5.72. The molecule has 1 saturated heterocycles. The molecule has 0 spiro atoms. The Hall–Kier alpha value is -2.11. The van der Waals surface area contributed by atoms with Crippen molar-refractivity contribution in [3.8, 4) is 0 Å². The number of rotatable bonds is 2. The molecule has 1 fully saturated rings. The van der Waals surface area contributed by atoms with Crippen molar-refractivity contribution >= 4 is 17.7 Å². The van der Waals surface area contributed by atoms with Gasteiger partial charge in [0, 0.05) is 18.8 Å². The molecule has 1 aromatic rings. The summed E-state index contributed by atoms with van der Waals surface area (Å²) in [6.07, 6.45) is 0. The fraction of sp³-hybridized carbons (Fsp3) is 0.417. The third-order valence-electron chi connectivity index (χ3n) is 2.88. The van der Waals surface area contributed by atoms with Crippen LogP contribution in [0.25, 0.3) is 0 Å². The molecule has 6 nitrogen and oxygen atoms in total. The van der Waals surface area contributed by atoms with E-state index < -0.39 is 5.97 Å². The number of hydrogen-bond acceptors (Lipinski definition) is 4. The molecule has 0 unspecified atom stereocenters. The van der Waals surface area contributed by atoms with Crippen molar-refractivity contribution in [2.45, 2.75) is 13.8 Å². The van der Waals surface area contributed by atoms with Gasteiger partial charge < -0.3 is 15.3 Å². The average molecular weight is 249 g/mol. The van der Waals surface area contributed by atoms with Crippen molar-refractivity contribution in [2.75, 3.05) is 24.5 Å². The van der Waals surface area contributed by atoms with Crippen molar-refractivity contribution in [1.82, 2.24) is 10.3 Å². The first-order chi connectivity index (χ1) is 8.49. The van der Waals surface area contributed by atoms with Gasteiger partial charge in [-0.1, -0.05) is 0 Å². The maximum absolute atomic E-state index is 11.4. The maximum Gasteiger partial charge on any atom is 0.339 e. The van der Waals surface area contributed by atoms with E-state index in [2.05, 4.69) is 10.3 Å². The Labute approximate surface area is 105 Å². The number of carboxylic acid groups (broad SMARTS) is 1. The molecule has 0 aliphatic carbocycles. The fourth-order valence-electron chi connectivity index (χ4n) is 2.13. The van der Waals surface area contributed by atoms with Crippen LogP contribution in [0, 0.1) is 13.8 Å². The number of aryl methyl sites for hydroxylation is 2. The molecule has 0 radical (unpaired) electrons. The Morgan fingerprint density at radius 3 is 2.83 bits per heavy atom. The van der Waals surface area contributed by atoms with Crippen molar-refractivity contribution in [1.29, 1.82) is 0 Å². The number of nitrogens with zero attached hydrogens (tertiary/aromatic N) is 2. The van der Waals surface area contributed by atoms with Gasteiger partial charge in [0.1, 0.15) is 11.4 Å². The lowest BCUT2D eigenvalue weighted by molar-refractivity contribution is -0.120. The molecule has 2 rings (SSSR count). The van der Waals surface area contributed by atoms with E-state index in [1.54, 1.807) is 17.9 Å². The second kappa shape index (κ2) is 4.64. The van der Waals surface area contributed by atoms with E-state index in [9.17, 15) is 14.7 Å². The molecule has 1 aliphatic rings. The molecule has 0 saturated carbocycles. The molecule has 1 amide bonds. The SMILES string of the molecule is Cc1cc(C)c(C(=O)O)c(N2CCNC(=O)C2)n1. The van der Waals surface area contributed by atoms with Crippen LogP contribution >= 0.6 is 0 Å². The largest absolute Gasteiger partial charge is 0.478 e. The summed E-state index contributed by atoms with van der Waals surface area (Å²) in [5.74, 6) is -0.741. The van der Waals surface area contributed by atoms with Crippen LogP contribution in [0.2, 0.25) is 0 Å². The van der Waals surface area contributed by atoms with Crippen LogP contribution in [-0.4, -0.2) is 41.6 Å². The van der Waals surface area contributed by atoms with Gasteiger partial charge >= 0.3 is 5.97 Å². The quantitative estimate of drug-likeness (QED) is 0.789. The van der Waals surface area contributed by atoms with Gasteiger partial charge in [-0.25, -0.2) is 9.78 Å². The number of nitrogens with one attached hydrogen (secondary N) is 1. The highest BCUT2D eigenvalue weighted by molar-refractivity contribution is 5.96. The third-order valence-corrected chi connectivity index (χ3v) is 2.88. The van der Waals surface area contributed by atoms with Crippen LogP contribution in [0.4, 0.5) is 5.82 Å². The molecule has 2 N–H and O–H groups in total. The van der Waals surface area contributed by atoms with Crippen molar-refractivity contribution in [3.63, 3.8) is 0 Å². The molecule has 0 atom stereocenters. The summed E-state index contributed by atoms with van der Waals surface area (Å²) in [5.41, 5.74) is 1.59. The second-order valence-electron chi connectivity index (χ2n) is 4.36. The van der Waals surface area contributed by atoms with E-state index >= 15 is 0 Å². The Balaban J connectivity index is 2.48. The molecule has 18 heavy (non-hydrogen) atoms. The number of aromatic nitrogens is 1. The molecule has 1 aliphatic heterocycles. The Bertz CT molecular complexity index is 514. The van der Waals surface area contributed by atoms with E-state index in [0.29, 0.717) is 24.5 Å². The zero-order valence-electron chi connectivity index (χ0n) is 10.4. The third kappa shape index (κ3) is 2.27. The average Bonchev–Trinajstić information content (AvgIpc) is 2.27. The van der Waals surface area contributed by atoms with Gasteiger partial charge in [-0.2, -0.15) is 0 Å². The van der Waals surface area contributed by atoms with Gasteiger partial charge in [-0.15, -0.1) is 0 Å². The van der Waals surface area contributed by atoms with Gasteiger partial charge in [0.15, 0.2) is 0 Å². The number of aromatic carboxylic acids is 1. The molecular weight excluding hydrogens is 234 g/mol. The van der Waals surface area contributed by atoms with Crippen LogP contribution in [0.5, 0.6) is 0 Å². The summed E-state index contributed by atoms with van der Waals surface area (Å²) < 4.78 is 0. The van der Waals surface area contributed by atoms with E-state index in [1.807, 2.05) is 6.92 Å². The van der Waals surface area contributed by atoms with Crippen LogP contribution in [0.3, 0.4) is 0 Å². The first-order valence-corrected chi connectivity index (χ1v) is 5.72. The lowest BCUT2D eigenvalue weighted by Gasteiger charge is -2.29. The lowest BCUT2D eigenvalue weighted by Crippen LogP contribution is -2.48. The van der Waals surface area contributed by atoms with E-state index in [4.69, 9.17) is 0 Å². The number of hydrogen-bond donors (Lipinski definition) is 2. The van der Waals surface area contributed by atoms with Crippen LogP contribution < -0.4 is 10.2 Å². The Morgan fingerprint density at radius 1 is 1.50 bits per heavy atom. The van der Waals surface area contributed by atoms with Crippen molar-refractivity contribution in [3.05, 3.63) is 22.9 Å². The van der Waals surface area contributed by atoms with E-state index in [-0.39, 0.29) is 18.0 Å². The zero-order valence-corrected chi connectivity index (χ0v) is 10.4. The van der Waals surface area contributed by atoms with Crippen molar-refractivity contribution < 1.29 is 14.7 Å². The number of anilines is 1. The summed E-state index contributed by atoms with van der Waals surface area (Å²) in [6, 6.07) is 1.73. The molecule has 2 heterocycles. The lowest BCUT2D eigenvalue weighted by atomic mass is 10.1. The molecule has 1 aromatic heterocycles. The Kier molecular flexibility index (Phi) is 3.18. The van der Waals surface area contributed by atoms with Gasteiger partial charge in [0.2, 0.25) is 5.91 Å². The number of amides is 1. The molecule has 0 aromatic carbocycles. The monoisotopic (exact) mass is 249 g/mol. The minimum absolute atomic E-state index is 0.112. The highest BCUT2D eigenvalue weighted by Crippen LogP contribution is 2.23. The van der Waals surface area contributed by atoms with Crippen LogP contribution in [-0.2, 0) is 4.79 Å². The van der Waals surface area contributed by atoms with Gasteiger partial charge in [0.25, 0.3) is 0 Å². The number of pyridine rings is 1. The minimum atomic E-state index is -1.01. The maximum atomic E-state index is 11.4. The number of carboxylic acids is 1. The van der Waals surface area contributed by atoms with E-state index in [1.165, 1.54) is 0 Å². The number of piperazine rings is 1. The number of carbonyl (C=O) groups excluding carboxylic acids is 1. The predicted octanol–water partition coefficient (Wildman–Crippen LogP) is 0.333. The summed E-state index contributed by atoms with van der Waals surface area (Å²) in [7, 11) is 0. The standard InChI is InChI=1S/C12H15N3O3/c1-7-5-8(2)14-11(10(7)12(17)18)15-4-3-13-9(16)6-15/h5H,3-4,6H2,1-2H3,(H,13,16)(H,17,18). The zero-order chi connectivity index (χ0) is 13.3. The molecular formula is C12H15N3O3. The van der Waals surface area contributed by atoms with Crippen LogP contribution in [0.1, 0.15) is 21.6 Å². The topological polar surface area (TPSA) is 82.5 Å². The minimum Gasteiger partial charge on any atom is -0.478 e. The van der Waals surface area contributed by atoms with Crippen LogP contribution in [0.15, 0.2) is 6.07 Å². The number of carbonyl (C=O) groups is 2. The highest BCUT2D eigenvalue weighted by atomic mass is 16.4. The first kappa shape index (κ1) is 12.3. The van der Waals surface area contributed by atoms with Gasteiger partial charge in [0.05, 0.1) is 6.54 Å².